The van der Waals surface area contributed by atoms with Gasteiger partial charge in [0.25, 0.3) is 0 Å². The van der Waals surface area contributed by atoms with E-state index in [2.05, 4.69) is 55.0 Å². The number of hydrogen-bond acceptors (Lipinski definition) is 2. The molecule has 5 saturated carbocycles. The van der Waals surface area contributed by atoms with Crippen molar-refractivity contribution in [2.75, 3.05) is 0 Å². The summed E-state index contributed by atoms with van der Waals surface area (Å²) in [4.78, 5) is 0. The minimum absolute atomic E-state index is 0.0300. The fourth-order valence-electron chi connectivity index (χ4n) is 11.3. The molecule has 0 aromatic carbocycles. The molecule has 11 atom stereocenters. The summed E-state index contributed by atoms with van der Waals surface area (Å²) in [7, 11) is 0. The van der Waals surface area contributed by atoms with Crippen molar-refractivity contribution in [2.24, 2.45) is 56.7 Å². The van der Waals surface area contributed by atoms with Crippen LogP contribution in [0.5, 0.6) is 0 Å². The molecule has 0 spiro atoms. The van der Waals surface area contributed by atoms with Gasteiger partial charge in [0.1, 0.15) is 0 Å². The maximum absolute atomic E-state index is 12.0. The summed E-state index contributed by atoms with van der Waals surface area (Å²) in [5.74, 6) is 2.56. The topological polar surface area (TPSA) is 40.5 Å². The molecule has 5 aliphatic rings. The monoisotopic (exact) mass is 442 g/mol. The molecule has 0 bridgehead atoms. The summed E-state index contributed by atoms with van der Waals surface area (Å²) in [5, 5.41) is 22.9. The molecular weight excluding hydrogens is 392 g/mol. The van der Waals surface area contributed by atoms with Gasteiger partial charge in [0, 0.05) is 0 Å². The molecule has 2 heteroatoms. The number of hydrogen-bond donors (Lipinski definition) is 2. The molecule has 0 aromatic heterocycles. The van der Waals surface area contributed by atoms with Crippen LogP contribution in [-0.4, -0.2) is 22.4 Å². The number of allylic oxidation sites excluding steroid dienone is 1. The van der Waals surface area contributed by atoms with E-state index in [0.717, 1.165) is 19.3 Å². The zero-order valence-corrected chi connectivity index (χ0v) is 22.0. The molecule has 0 aliphatic heterocycles. The van der Waals surface area contributed by atoms with Gasteiger partial charge in [0.15, 0.2) is 0 Å². The van der Waals surface area contributed by atoms with Gasteiger partial charge in [-0.2, -0.15) is 0 Å². The van der Waals surface area contributed by atoms with Crippen LogP contribution < -0.4 is 0 Å². The summed E-state index contributed by atoms with van der Waals surface area (Å²) in [6.45, 7) is 21.8. The molecule has 5 fully saturated rings. The van der Waals surface area contributed by atoms with Crippen molar-refractivity contribution in [3.05, 3.63) is 12.2 Å². The van der Waals surface area contributed by atoms with Crippen LogP contribution in [0, 0.1) is 56.7 Å². The van der Waals surface area contributed by atoms with E-state index in [1.807, 2.05) is 0 Å². The first kappa shape index (κ1) is 23.4. The van der Waals surface area contributed by atoms with Crippen LogP contribution in [-0.2, 0) is 0 Å². The predicted molar refractivity (Wildman–Crippen MR) is 132 cm³/mol. The van der Waals surface area contributed by atoms with Crippen LogP contribution in [0.3, 0.4) is 0 Å². The summed E-state index contributed by atoms with van der Waals surface area (Å²) in [5.41, 5.74) is 2.41. The fraction of sp³-hybridized carbons (Fsp3) is 0.933. The Morgan fingerprint density at radius 1 is 0.781 bits per heavy atom. The van der Waals surface area contributed by atoms with Gasteiger partial charge in [-0.25, -0.2) is 0 Å². The SMILES string of the molecule is C=C1CC[C@]2(C)CCC3(C)[C@H](C(O)CC4[C@@]5(C)CC[C@H](O)C(C)(C)C5CC[C@]43C)C2C1C. The number of fused-ring (bicyclic) bond motifs is 7. The van der Waals surface area contributed by atoms with Crippen LogP contribution in [0.2, 0.25) is 0 Å². The lowest BCUT2D eigenvalue weighted by Crippen LogP contribution is -2.70. The lowest BCUT2D eigenvalue weighted by atomic mass is 9.31. The third-order valence-corrected chi connectivity index (χ3v) is 13.6. The summed E-state index contributed by atoms with van der Waals surface area (Å²) < 4.78 is 0. The Labute approximate surface area is 197 Å². The van der Waals surface area contributed by atoms with Crippen molar-refractivity contribution in [3.8, 4) is 0 Å². The van der Waals surface area contributed by atoms with E-state index in [1.165, 1.54) is 44.1 Å². The van der Waals surface area contributed by atoms with Crippen molar-refractivity contribution in [1.82, 2.24) is 0 Å². The van der Waals surface area contributed by atoms with E-state index in [1.54, 1.807) is 0 Å². The molecule has 2 N–H and O–H groups in total. The Morgan fingerprint density at radius 2 is 1.47 bits per heavy atom. The first-order valence-corrected chi connectivity index (χ1v) is 13.8. The Hall–Kier alpha value is -0.340. The molecule has 32 heavy (non-hydrogen) atoms. The van der Waals surface area contributed by atoms with Gasteiger partial charge in [-0.1, -0.05) is 60.6 Å². The number of aliphatic hydroxyl groups is 2. The number of aliphatic hydroxyl groups excluding tert-OH is 2. The van der Waals surface area contributed by atoms with Gasteiger partial charge in [0.05, 0.1) is 12.2 Å². The first-order valence-electron chi connectivity index (χ1n) is 13.8. The Kier molecular flexibility index (Phi) is 5.02. The van der Waals surface area contributed by atoms with Gasteiger partial charge in [-0.15, -0.1) is 0 Å². The van der Waals surface area contributed by atoms with Crippen LogP contribution >= 0.6 is 0 Å². The summed E-state index contributed by atoms with van der Waals surface area (Å²) >= 11 is 0. The van der Waals surface area contributed by atoms with Crippen LogP contribution in [0.4, 0.5) is 0 Å². The zero-order chi connectivity index (χ0) is 23.5. The predicted octanol–water partition coefficient (Wildman–Crippen LogP) is 7.00. The van der Waals surface area contributed by atoms with Crippen molar-refractivity contribution in [1.29, 1.82) is 0 Å². The van der Waals surface area contributed by atoms with Gasteiger partial charge in [-0.05, 0) is 114 Å². The maximum atomic E-state index is 12.0. The van der Waals surface area contributed by atoms with Crippen molar-refractivity contribution < 1.29 is 10.2 Å². The second-order valence-corrected chi connectivity index (χ2v) is 14.8. The molecule has 0 heterocycles. The van der Waals surface area contributed by atoms with E-state index < -0.39 is 0 Å². The Bertz CT molecular complexity index is 801. The molecular formula is C30H50O2. The lowest BCUT2D eigenvalue weighted by molar-refractivity contribution is -0.276. The standard InChI is InChI=1S/C30H50O2/c1-18-9-12-27(5)15-16-30(8)25(24(27)19(18)2)20(31)17-22-28(6)13-11-23(32)26(3,4)21(28)10-14-29(22,30)7/h19-25,31-32H,1,9-17H2,2-8H3/t19?,20?,21?,22?,23-,24?,25+,27+,28-,29+,30?/m0/s1. The second kappa shape index (κ2) is 6.87. The van der Waals surface area contributed by atoms with Gasteiger partial charge < -0.3 is 10.2 Å². The molecule has 2 nitrogen and oxygen atoms in total. The first-order chi connectivity index (χ1) is 14.7. The van der Waals surface area contributed by atoms with E-state index in [4.69, 9.17) is 0 Å². The van der Waals surface area contributed by atoms with Crippen molar-refractivity contribution in [3.63, 3.8) is 0 Å². The van der Waals surface area contributed by atoms with E-state index in [9.17, 15) is 10.2 Å². The van der Waals surface area contributed by atoms with Gasteiger partial charge in [-0.3, -0.25) is 0 Å². The molecule has 182 valence electrons. The highest BCUT2D eigenvalue weighted by molar-refractivity contribution is 5.22. The van der Waals surface area contributed by atoms with Crippen molar-refractivity contribution in [2.45, 2.75) is 118 Å². The van der Waals surface area contributed by atoms with E-state index >= 15 is 0 Å². The third kappa shape index (κ3) is 2.66. The van der Waals surface area contributed by atoms with Gasteiger partial charge >= 0.3 is 0 Å². The Morgan fingerprint density at radius 3 is 2.16 bits per heavy atom. The zero-order valence-electron chi connectivity index (χ0n) is 22.0. The van der Waals surface area contributed by atoms with Crippen LogP contribution in [0.15, 0.2) is 12.2 Å². The minimum atomic E-state index is -0.207. The Balaban J connectivity index is 1.58. The normalized spacial score (nSPS) is 59.4. The third-order valence-electron chi connectivity index (χ3n) is 13.6. The highest BCUT2D eigenvalue weighted by Gasteiger charge is 2.71. The quantitative estimate of drug-likeness (QED) is 0.397. The fourth-order valence-corrected chi connectivity index (χ4v) is 11.3. The number of rotatable bonds is 0. The highest BCUT2D eigenvalue weighted by atomic mass is 16.3. The smallest absolute Gasteiger partial charge is 0.0594 e. The summed E-state index contributed by atoms with van der Waals surface area (Å²) in [6, 6.07) is 0. The average Bonchev–Trinajstić information content (AvgIpc) is 2.71. The summed E-state index contributed by atoms with van der Waals surface area (Å²) in [6.07, 6.45) is 10.1. The average molecular weight is 443 g/mol. The minimum Gasteiger partial charge on any atom is -0.393 e. The van der Waals surface area contributed by atoms with E-state index in [-0.39, 0.29) is 33.9 Å². The molecule has 0 saturated heterocycles. The lowest BCUT2D eigenvalue weighted by Gasteiger charge is -2.74. The largest absolute Gasteiger partial charge is 0.393 e. The molecule has 0 amide bonds. The molecule has 6 unspecified atom stereocenters. The molecule has 5 aliphatic carbocycles. The van der Waals surface area contributed by atoms with Crippen LogP contribution in [0.25, 0.3) is 0 Å². The second-order valence-electron chi connectivity index (χ2n) is 14.8. The maximum Gasteiger partial charge on any atom is 0.0594 e. The van der Waals surface area contributed by atoms with Crippen LogP contribution in [0.1, 0.15) is 106 Å². The van der Waals surface area contributed by atoms with Crippen molar-refractivity contribution >= 4 is 0 Å². The molecule has 5 rings (SSSR count). The highest BCUT2D eigenvalue weighted by Crippen LogP contribution is 2.76. The molecule has 0 aromatic rings. The molecule has 0 radical (unpaired) electrons. The van der Waals surface area contributed by atoms with E-state index in [0.29, 0.717) is 35.0 Å². The van der Waals surface area contributed by atoms with Gasteiger partial charge in [0.2, 0.25) is 0 Å².